The van der Waals surface area contributed by atoms with E-state index in [1.165, 1.54) is 19.3 Å². The van der Waals surface area contributed by atoms with E-state index >= 15 is 0 Å². The molecule has 0 aliphatic carbocycles. The molecule has 0 radical (unpaired) electrons. The van der Waals surface area contributed by atoms with E-state index < -0.39 is 23.4 Å². The zero-order chi connectivity index (χ0) is 18.0. The van der Waals surface area contributed by atoms with Crippen molar-refractivity contribution in [2.24, 2.45) is 0 Å². The second-order valence-corrected chi connectivity index (χ2v) is 7.09. The summed E-state index contributed by atoms with van der Waals surface area (Å²) in [4.78, 5) is 39.4. The number of amides is 4. The van der Waals surface area contributed by atoms with Gasteiger partial charge in [-0.2, -0.15) is 0 Å². The number of anilines is 2. The molecule has 2 heterocycles. The molecule has 3 rings (SSSR count). The standard InChI is InChI=1S/C18H24N4O3/c1-18(2)16(24)22(17(25)20-18)12-15(23)19-13-6-8-14(9-7-13)21-10-4-3-5-11-21/h6-9H,3-5,10-12H2,1-2H3,(H,19,23)(H,20,25). The highest BCUT2D eigenvalue weighted by molar-refractivity contribution is 6.09. The molecule has 25 heavy (non-hydrogen) atoms. The molecule has 7 nitrogen and oxygen atoms in total. The van der Waals surface area contributed by atoms with Crippen LogP contribution in [0.4, 0.5) is 16.2 Å². The first kappa shape index (κ1) is 17.3. The normalized spacial score (nSPS) is 19.8. The van der Waals surface area contributed by atoms with Gasteiger partial charge in [0.2, 0.25) is 5.91 Å². The number of nitrogens with one attached hydrogen (secondary N) is 2. The van der Waals surface area contributed by atoms with Gasteiger partial charge in [0, 0.05) is 24.5 Å². The molecule has 2 N–H and O–H groups in total. The van der Waals surface area contributed by atoms with Crippen LogP contribution in [-0.2, 0) is 9.59 Å². The molecule has 0 spiro atoms. The number of rotatable bonds is 4. The van der Waals surface area contributed by atoms with Gasteiger partial charge in [-0.25, -0.2) is 4.79 Å². The Morgan fingerprint density at radius 1 is 1.12 bits per heavy atom. The van der Waals surface area contributed by atoms with Crippen LogP contribution < -0.4 is 15.5 Å². The molecule has 0 bridgehead atoms. The summed E-state index contributed by atoms with van der Waals surface area (Å²) < 4.78 is 0. The number of urea groups is 1. The van der Waals surface area contributed by atoms with E-state index in [4.69, 9.17) is 0 Å². The van der Waals surface area contributed by atoms with Crippen molar-refractivity contribution >= 4 is 29.2 Å². The molecule has 1 aromatic rings. The quantitative estimate of drug-likeness (QED) is 0.818. The first-order valence-corrected chi connectivity index (χ1v) is 8.66. The number of imide groups is 1. The number of benzene rings is 1. The third kappa shape index (κ3) is 3.75. The van der Waals surface area contributed by atoms with E-state index in [1.54, 1.807) is 13.8 Å². The summed E-state index contributed by atoms with van der Waals surface area (Å²) in [6.07, 6.45) is 3.70. The zero-order valence-corrected chi connectivity index (χ0v) is 14.7. The van der Waals surface area contributed by atoms with Crippen molar-refractivity contribution in [2.45, 2.75) is 38.6 Å². The molecule has 1 aromatic carbocycles. The molecule has 2 saturated heterocycles. The first-order valence-electron chi connectivity index (χ1n) is 8.66. The van der Waals surface area contributed by atoms with Crippen LogP contribution in [0.5, 0.6) is 0 Å². The monoisotopic (exact) mass is 344 g/mol. The zero-order valence-electron chi connectivity index (χ0n) is 14.7. The van der Waals surface area contributed by atoms with Crippen molar-refractivity contribution in [2.75, 3.05) is 29.9 Å². The van der Waals surface area contributed by atoms with Gasteiger partial charge in [0.15, 0.2) is 0 Å². The summed E-state index contributed by atoms with van der Waals surface area (Å²) >= 11 is 0. The fraction of sp³-hybridized carbons (Fsp3) is 0.500. The third-order valence-electron chi connectivity index (χ3n) is 4.62. The van der Waals surface area contributed by atoms with Gasteiger partial charge in [-0.15, -0.1) is 0 Å². The van der Waals surface area contributed by atoms with Gasteiger partial charge >= 0.3 is 6.03 Å². The van der Waals surface area contributed by atoms with E-state index in [-0.39, 0.29) is 6.54 Å². The molecule has 0 atom stereocenters. The maximum Gasteiger partial charge on any atom is 0.325 e. The number of piperidine rings is 1. The van der Waals surface area contributed by atoms with Gasteiger partial charge < -0.3 is 15.5 Å². The Labute approximate surface area is 147 Å². The smallest absolute Gasteiger partial charge is 0.325 e. The Morgan fingerprint density at radius 3 is 2.32 bits per heavy atom. The third-order valence-corrected chi connectivity index (χ3v) is 4.62. The lowest BCUT2D eigenvalue weighted by Gasteiger charge is -2.28. The Bertz CT molecular complexity index is 678. The number of nitrogens with zero attached hydrogens (tertiary/aromatic N) is 2. The SMILES string of the molecule is CC1(C)NC(=O)N(CC(=O)Nc2ccc(N3CCCCC3)cc2)C1=O. The van der Waals surface area contributed by atoms with E-state index in [0.29, 0.717) is 5.69 Å². The largest absolute Gasteiger partial charge is 0.372 e. The van der Waals surface area contributed by atoms with Crippen LogP contribution in [0.15, 0.2) is 24.3 Å². The second-order valence-electron chi connectivity index (χ2n) is 7.09. The maximum absolute atomic E-state index is 12.2. The predicted molar refractivity (Wildman–Crippen MR) is 95.5 cm³/mol. The summed E-state index contributed by atoms with van der Waals surface area (Å²) in [5.41, 5.74) is 0.832. The summed E-state index contributed by atoms with van der Waals surface area (Å²) in [5, 5.41) is 5.29. The molecule has 0 unspecified atom stereocenters. The highest BCUT2D eigenvalue weighted by Gasteiger charge is 2.44. The van der Waals surface area contributed by atoms with Crippen molar-refractivity contribution < 1.29 is 14.4 Å². The van der Waals surface area contributed by atoms with E-state index in [2.05, 4.69) is 15.5 Å². The lowest BCUT2D eigenvalue weighted by Crippen LogP contribution is -2.41. The van der Waals surface area contributed by atoms with Gasteiger partial charge in [0.05, 0.1) is 0 Å². The fourth-order valence-corrected chi connectivity index (χ4v) is 3.21. The Balaban J connectivity index is 1.58. The molecule has 4 amide bonds. The van der Waals surface area contributed by atoms with E-state index in [9.17, 15) is 14.4 Å². The van der Waals surface area contributed by atoms with Gasteiger partial charge in [0.25, 0.3) is 5.91 Å². The van der Waals surface area contributed by atoms with Crippen LogP contribution in [0, 0.1) is 0 Å². The van der Waals surface area contributed by atoms with Crippen molar-refractivity contribution in [1.82, 2.24) is 10.2 Å². The van der Waals surface area contributed by atoms with Crippen LogP contribution in [0.3, 0.4) is 0 Å². The highest BCUT2D eigenvalue weighted by atomic mass is 16.2. The van der Waals surface area contributed by atoms with E-state index in [0.717, 1.165) is 23.7 Å². The minimum Gasteiger partial charge on any atom is -0.372 e. The van der Waals surface area contributed by atoms with Crippen molar-refractivity contribution in [3.8, 4) is 0 Å². The number of hydrogen-bond donors (Lipinski definition) is 2. The molecule has 0 saturated carbocycles. The van der Waals surface area contributed by atoms with Crippen LogP contribution in [0.25, 0.3) is 0 Å². The van der Waals surface area contributed by atoms with Crippen LogP contribution >= 0.6 is 0 Å². The molecule has 2 aliphatic rings. The summed E-state index contributed by atoms with van der Waals surface area (Å²) in [6, 6.07) is 7.12. The number of hydrogen-bond acceptors (Lipinski definition) is 4. The lowest BCUT2D eigenvalue weighted by molar-refractivity contribution is -0.132. The Morgan fingerprint density at radius 2 is 1.76 bits per heavy atom. The molecular weight excluding hydrogens is 320 g/mol. The van der Waals surface area contributed by atoms with Gasteiger partial charge in [0.1, 0.15) is 12.1 Å². The minimum atomic E-state index is -0.965. The van der Waals surface area contributed by atoms with Crippen LogP contribution in [0.1, 0.15) is 33.1 Å². The average Bonchev–Trinajstić information content (AvgIpc) is 2.78. The summed E-state index contributed by atoms with van der Waals surface area (Å²) in [5.74, 6) is -0.792. The summed E-state index contributed by atoms with van der Waals surface area (Å²) in [6.45, 7) is 5.07. The minimum absolute atomic E-state index is 0.290. The predicted octanol–water partition coefficient (Wildman–Crippen LogP) is 1.95. The fourth-order valence-electron chi connectivity index (χ4n) is 3.21. The summed E-state index contributed by atoms with van der Waals surface area (Å²) in [7, 11) is 0. The molecule has 134 valence electrons. The van der Waals surface area contributed by atoms with Crippen LogP contribution in [0.2, 0.25) is 0 Å². The molecular formula is C18H24N4O3. The van der Waals surface area contributed by atoms with Gasteiger partial charge in [-0.1, -0.05) is 0 Å². The van der Waals surface area contributed by atoms with Crippen molar-refractivity contribution in [3.63, 3.8) is 0 Å². The molecule has 7 heteroatoms. The first-order chi connectivity index (χ1) is 11.9. The van der Waals surface area contributed by atoms with Crippen molar-refractivity contribution in [1.29, 1.82) is 0 Å². The number of carbonyl (C=O) groups is 3. The molecule has 0 aromatic heterocycles. The van der Waals surface area contributed by atoms with Crippen LogP contribution in [-0.4, -0.2) is 47.9 Å². The molecule has 2 fully saturated rings. The Hall–Kier alpha value is -2.57. The second kappa shape index (κ2) is 6.74. The van der Waals surface area contributed by atoms with Gasteiger partial charge in [-0.3, -0.25) is 14.5 Å². The lowest BCUT2D eigenvalue weighted by atomic mass is 10.1. The Kier molecular flexibility index (Phi) is 4.65. The topological polar surface area (TPSA) is 81.8 Å². The maximum atomic E-state index is 12.2. The highest BCUT2D eigenvalue weighted by Crippen LogP contribution is 2.22. The van der Waals surface area contributed by atoms with Gasteiger partial charge in [-0.05, 0) is 57.4 Å². The number of carbonyl (C=O) groups excluding carboxylic acids is 3. The molecule has 2 aliphatic heterocycles. The van der Waals surface area contributed by atoms with Crippen molar-refractivity contribution in [3.05, 3.63) is 24.3 Å². The van der Waals surface area contributed by atoms with E-state index in [1.807, 2.05) is 24.3 Å². The average molecular weight is 344 g/mol.